The fourth-order valence-corrected chi connectivity index (χ4v) is 7.18. The number of carbonyl (C=O) groups is 4. The highest BCUT2D eigenvalue weighted by molar-refractivity contribution is 6.35. The maximum absolute atomic E-state index is 13.9. The van der Waals surface area contributed by atoms with Gasteiger partial charge in [-0.25, -0.2) is 0 Å². The van der Waals surface area contributed by atoms with Gasteiger partial charge in [-0.1, -0.05) is 30.9 Å². The predicted octanol–water partition coefficient (Wildman–Crippen LogP) is 3.27. The van der Waals surface area contributed by atoms with Gasteiger partial charge in [0.2, 0.25) is 17.7 Å². The smallest absolute Gasteiger partial charge is 0.271 e. The second-order valence-corrected chi connectivity index (χ2v) is 12.9. The zero-order valence-electron chi connectivity index (χ0n) is 23.3. The van der Waals surface area contributed by atoms with Gasteiger partial charge in [0.15, 0.2) is 0 Å². The normalized spacial score (nSPS) is 24.2. The molecule has 1 saturated carbocycles. The molecule has 0 bridgehead atoms. The summed E-state index contributed by atoms with van der Waals surface area (Å²) in [5.74, 6) is -1.44. The average Bonchev–Trinajstić information content (AvgIpc) is 3.56. The Bertz CT molecular complexity index is 1350. The van der Waals surface area contributed by atoms with Gasteiger partial charge in [-0.05, 0) is 63.5 Å². The minimum Gasteiger partial charge on any atom is -0.497 e. The van der Waals surface area contributed by atoms with Crippen molar-refractivity contribution >= 4 is 46.1 Å². The number of nitrogens with two attached hydrogens (primary N) is 1. The summed E-state index contributed by atoms with van der Waals surface area (Å²) in [6.07, 6.45) is 6.28. The Hall–Kier alpha value is -3.27. The minimum absolute atomic E-state index is 0.116. The summed E-state index contributed by atoms with van der Waals surface area (Å²) in [7, 11) is 1.55. The van der Waals surface area contributed by atoms with Crippen LogP contribution in [0.5, 0.6) is 5.75 Å². The Morgan fingerprint density at radius 1 is 1.18 bits per heavy atom. The first-order valence-corrected chi connectivity index (χ1v) is 14.4. The summed E-state index contributed by atoms with van der Waals surface area (Å²) in [5, 5.41) is 6.88. The standard InChI is InChI=1S/C29H38ClN5O5/c1-28(2)13-17(25(37)34-28)11-20(24(31)36)33-26(38)22-14-29(7-5-4-6-8-29)15-35(22)27(39)21-10-16-9-18(40-3)12-19(30)23(16)32-21/h9-10,12,17,20,22,32H,4-8,11,13-15H2,1-3H3,(H2,31,36)(H,33,38)(H,34,37)/t17-,20+,22+/m1/s1. The summed E-state index contributed by atoms with van der Waals surface area (Å²) in [5.41, 5.74) is 6.09. The third kappa shape index (κ3) is 5.50. The van der Waals surface area contributed by atoms with Crippen LogP contribution in [0, 0.1) is 11.3 Å². The monoisotopic (exact) mass is 571 g/mol. The maximum Gasteiger partial charge on any atom is 0.271 e. The average molecular weight is 572 g/mol. The number of carbonyl (C=O) groups excluding carboxylic acids is 4. The molecular formula is C29H38ClN5O5. The van der Waals surface area contributed by atoms with E-state index in [0.717, 1.165) is 37.5 Å². The van der Waals surface area contributed by atoms with Crippen LogP contribution in [0.3, 0.4) is 0 Å². The fourth-order valence-electron chi connectivity index (χ4n) is 6.91. The number of hydrogen-bond acceptors (Lipinski definition) is 5. The Morgan fingerprint density at radius 3 is 2.52 bits per heavy atom. The Morgan fingerprint density at radius 2 is 1.90 bits per heavy atom. The van der Waals surface area contributed by atoms with Crippen molar-refractivity contribution in [3.05, 3.63) is 28.9 Å². The number of likely N-dealkylation sites (tertiary alicyclic amines) is 1. The van der Waals surface area contributed by atoms with E-state index in [1.165, 1.54) is 0 Å². The van der Waals surface area contributed by atoms with Crippen molar-refractivity contribution in [1.29, 1.82) is 0 Å². The molecule has 0 unspecified atom stereocenters. The van der Waals surface area contributed by atoms with E-state index in [0.29, 0.717) is 41.4 Å². The number of rotatable bonds is 7. The van der Waals surface area contributed by atoms with Crippen LogP contribution in [0.15, 0.2) is 18.2 Å². The van der Waals surface area contributed by atoms with Crippen molar-refractivity contribution in [2.45, 2.75) is 82.8 Å². The van der Waals surface area contributed by atoms with Crippen LogP contribution in [-0.4, -0.2) is 64.8 Å². The lowest BCUT2D eigenvalue weighted by atomic mass is 9.72. The van der Waals surface area contributed by atoms with Crippen LogP contribution >= 0.6 is 11.6 Å². The first-order valence-electron chi connectivity index (χ1n) is 14.0. The van der Waals surface area contributed by atoms with Gasteiger partial charge in [0.1, 0.15) is 23.5 Å². The topological polar surface area (TPSA) is 147 Å². The second-order valence-electron chi connectivity index (χ2n) is 12.4. The molecular weight excluding hydrogens is 534 g/mol. The van der Waals surface area contributed by atoms with E-state index in [2.05, 4.69) is 15.6 Å². The van der Waals surface area contributed by atoms with Gasteiger partial charge in [0.05, 0.1) is 17.6 Å². The number of amides is 4. The van der Waals surface area contributed by atoms with Crippen molar-refractivity contribution in [3.63, 3.8) is 0 Å². The first kappa shape index (κ1) is 28.3. The summed E-state index contributed by atoms with van der Waals surface area (Å²) >= 11 is 6.43. The molecule has 1 aromatic carbocycles. The van der Waals surface area contributed by atoms with E-state index in [-0.39, 0.29) is 29.2 Å². The third-order valence-electron chi connectivity index (χ3n) is 8.88. The van der Waals surface area contributed by atoms with E-state index in [4.69, 9.17) is 22.1 Å². The number of benzene rings is 1. The van der Waals surface area contributed by atoms with Crippen molar-refractivity contribution in [2.75, 3.05) is 13.7 Å². The van der Waals surface area contributed by atoms with E-state index in [9.17, 15) is 19.2 Å². The molecule has 1 aromatic heterocycles. The van der Waals surface area contributed by atoms with Gasteiger partial charge in [0, 0.05) is 29.5 Å². The molecule has 40 heavy (non-hydrogen) atoms. The van der Waals surface area contributed by atoms with Crippen LogP contribution < -0.4 is 21.1 Å². The quantitative estimate of drug-likeness (QED) is 0.403. The number of hydrogen-bond donors (Lipinski definition) is 4. The maximum atomic E-state index is 13.9. The number of nitrogens with one attached hydrogen (secondary N) is 3. The molecule has 1 spiro atoms. The number of methoxy groups -OCH3 is 1. The highest BCUT2D eigenvalue weighted by Crippen LogP contribution is 2.47. The molecule has 2 saturated heterocycles. The summed E-state index contributed by atoms with van der Waals surface area (Å²) in [6, 6.07) is 3.41. The number of aromatic amines is 1. The molecule has 4 amide bonds. The van der Waals surface area contributed by atoms with Gasteiger partial charge < -0.3 is 31.0 Å². The molecule has 2 aliphatic heterocycles. The SMILES string of the molecule is COc1cc(Cl)c2[nH]c(C(=O)N3CC4(CCCCC4)C[C@H]3C(=O)N[C@@H](C[C@@H]3CC(C)(C)NC3=O)C(N)=O)cc2c1. The summed E-state index contributed by atoms with van der Waals surface area (Å²) in [4.78, 5) is 57.3. The molecule has 3 atom stereocenters. The lowest BCUT2D eigenvalue weighted by Gasteiger charge is -2.32. The van der Waals surface area contributed by atoms with E-state index in [1.807, 2.05) is 13.8 Å². The number of ether oxygens (including phenoxy) is 1. The number of aromatic nitrogens is 1. The fraction of sp³-hybridized carbons (Fsp3) is 0.586. The van der Waals surface area contributed by atoms with E-state index < -0.39 is 29.8 Å². The lowest BCUT2D eigenvalue weighted by molar-refractivity contribution is -0.131. The number of nitrogens with zero attached hydrogens (tertiary/aromatic N) is 1. The first-order chi connectivity index (χ1) is 18.9. The van der Waals surface area contributed by atoms with Gasteiger partial charge in [-0.15, -0.1) is 0 Å². The zero-order chi connectivity index (χ0) is 28.8. The van der Waals surface area contributed by atoms with Gasteiger partial charge in [-0.2, -0.15) is 0 Å². The third-order valence-corrected chi connectivity index (χ3v) is 9.17. The zero-order valence-corrected chi connectivity index (χ0v) is 24.0. The molecule has 10 nitrogen and oxygen atoms in total. The van der Waals surface area contributed by atoms with Crippen LogP contribution in [-0.2, 0) is 14.4 Å². The number of primary amides is 1. The van der Waals surface area contributed by atoms with Gasteiger partial charge in [-0.3, -0.25) is 19.2 Å². The molecule has 5 N–H and O–H groups in total. The Balaban J connectivity index is 1.40. The number of fused-ring (bicyclic) bond motifs is 1. The predicted molar refractivity (Wildman–Crippen MR) is 151 cm³/mol. The van der Waals surface area contributed by atoms with Crippen molar-refractivity contribution in [1.82, 2.24) is 20.5 Å². The molecule has 3 heterocycles. The minimum atomic E-state index is -1.02. The molecule has 11 heteroatoms. The number of H-pyrrole nitrogens is 1. The van der Waals surface area contributed by atoms with Gasteiger partial charge >= 0.3 is 0 Å². The molecule has 3 aliphatic rings. The summed E-state index contributed by atoms with van der Waals surface area (Å²) < 4.78 is 5.31. The van der Waals surface area contributed by atoms with Crippen LogP contribution in [0.25, 0.3) is 10.9 Å². The molecule has 0 radical (unpaired) electrons. The molecule has 216 valence electrons. The summed E-state index contributed by atoms with van der Waals surface area (Å²) in [6.45, 7) is 4.29. The molecule has 5 rings (SSSR count). The lowest BCUT2D eigenvalue weighted by Crippen LogP contribution is -2.53. The van der Waals surface area contributed by atoms with Crippen LogP contribution in [0.4, 0.5) is 0 Å². The highest BCUT2D eigenvalue weighted by atomic mass is 35.5. The highest BCUT2D eigenvalue weighted by Gasteiger charge is 2.50. The molecule has 2 aromatic rings. The second kappa shape index (κ2) is 10.6. The van der Waals surface area contributed by atoms with Gasteiger partial charge in [0.25, 0.3) is 5.91 Å². The molecule has 1 aliphatic carbocycles. The van der Waals surface area contributed by atoms with Crippen molar-refractivity contribution in [3.8, 4) is 5.75 Å². The molecule has 3 fully saturated rings. The number of halogens is 1. The van der Waals surface area contributed by atoms with Crippen LogP contribution in [0.1, 0.15) is 75.7 Å². The van der Waals surface area contributed by atoms with E-state index >= 15 is 0 Å². The van der Waals surface area contributed by atoms with Crippen molar-refractivity contribution in [2.24, 2.45) is 17.1 Å². The van der Waals surface area contributed by atoms with Crippen molar-refractivity contribution < 1.29 is 23.9 Å². The Labute approximate surface area is 238 Å². The largest absolute Gasteiger partial charge is 0.497 e. The van der Waals surface area contributed by atoms with Crippen LogP contribution in [0.2, 0.25) is 5.02 Å². The van der Waals surface area contributed by atoms with E-state index in [1.54, 1.807) is 30.2 Å². The Kier molecular flexibility index (Phi) is 7.50.